The van der Waals surface area contributed by atoms with E-state index in [2.05, 4.69) is 57.5 Å². The number of hydrogen-bond acceptors (Lipinski definition) is 7. The molecule has 0 unspecified atom stereocenters. The molecule has 0 aliphatic carbocycles. The van der Waals surface area contributed by atoms with Gasteiger partial charge in [-0.1, -0.05) is 41.1 Å². The predicted octanol–water partition coefficient (Wildman–Crippen LogP) is 6.30. The van der Waals surface area contributed by atoms with Crippen LogP contribution in [-0.4, -0.2) is 45.6 Å². The van der Waals surface area contributed by atoms with E-state index in [-0.39, 0.29) is 6.42 Å². The highest BCUT2D eigenvalue weighted by Gasteiger charge is 2.28. The minimum absolute atomic E-state index is 0.0460. The zero-order valence-electron chi connectivity index (χ0n) is 24.9. The van der Waals surface area contributed by atoms with Gasteiger partial charge in [0.2, 0.25) is 5.89 Å². The molecule has 8 nitrogen and oxygen atoms in total. The molecule has 2 heterocycles. The van der Waals surface area contributed by atoms with Gasteiger partial charge in [-0.05, 0) is 86.2 Å². The van der Waals surface area contributed by atoms with Gasteiger partial charge in [0.1, 0.15) is 5.75 Å². The fourth-order valence-corrected chi connectivity index (χ4v) is 5.07. The molecule has 4 aromatic rings. The molecule has 1 aliphatic heterocycles. The largest absolute Gasteiger partial charge is 0.497 e. The normalized spacial score (nSPS) is 12.2. The zero-order chi connectivity index (χ0) is 29.9. The molecule has 8 heteroatoms. The van der Waals surface area contributed by atoms with Gasteiger partial charge in [0.15, 0.2) is 5.82 Å². The van der Waals surface area contributed by atoms with E-state index in [4.69, 9.17) is 14.4 Å². The fraction of sp³-hybridized carbons (Fsp3) is 0.364. The van der Waals surface area contributed by atoms with Crippen LogP contribution in [0.5, 0.6) is 5.75 Å². The fourth-order valence-electron chi connectivity index (χ4n) is 5.07. The highest BCUT2D eigenvalue weighted by atomic mass is 16.5. The van der Waals surface area contributed by atoms with E-state index >= 15 is 0 Å². The van der Waals surface area contributed by atoms with Crippen LogP contribution >= 0.6 is 0 Å². The Morgan fingerprint density at radius 3 is 2.29 bits per heavy atom. The third kappa shape index (κ3) is 7.32. The summed E-state index contributed by atoms with van der Waals surface area (Å²) in [5, 5.41) is 22.4. The first kappa shape index (κ1) is 29.8. The van der Waals surface area contributed by atoms with Gasteiger partial charge >= 0.3 is 5.97 Å². The van der Waals surface area contributed by atoms with Crippen LogP contribution < -0.4 is 9.64 Å². The van der Waals surface area contributed by atoms with Crippen LogP contribution in [0.1, 0.15) is 54.7 Å². The molecule has 1 aliphatic rings. The number of aliphatic hydroxyl groups is 1. The van der Waals surface area contributed by atoms with Crippen molar-refractivity contribution in [2.45, 2.75) is 66.5 Å². The lowest BCUT2D eigenvalue weighted by molar-refractivity contribution is -0.136. The van der Waals surface area contributed by atoms with Crippen molar-refractivity contribution < 1.29 is 24.3 Å². The van der Waals surface area contributed by atoms with Gasteiger partial charge in [-0.15, -0.1) is 0 Å². The number of carbonyl (C=O) groups is 1. The first-order valence-electron chi connectivity index (χ1n) is 13.7. The van der Waals surface area contributed by atoms with E-state index < -0.39 is 11.6 Å². The Hall–Kier alpha value is -4.17. The van der Waals surface area contributed by atoms with Crippen molar-refractivity contribution in [3.05, 3.63) is 82.5 Å². The molecule has 0 atom stereocenters. The summed E-state index contributed by atoms with van der Waals surface area (Å²) < 4.78 is 10.7. The molecule has 0 radical (unpaired) electrons. The summed E-state index contributed by atoms with van der Waals surface area (Å²) in [6.45, 7) is 12.4. The number of carboxylic acids is 1. The number of aromatic nitrogens is 2. The van der Waals surface area contributed by atoms with Crippen molar-refractivity contribution in [1.82, 2.24) is 10.1 Å². The first-order chi connectivity index (χ1) is 19.3. The van der Waals surface area contributed by atoms with Gasteiger partial charge in [0, 0.05) is 37.7 Å². The molecule has 0 saturated carbocycles. The molecule has 1 aromatic heterocycles. The van der Waals surface area contributed by atoms with Crippen LogP contribution in [0.4, 0.5) is 5.69 Å². The molecule has 0 spiro atoms. The molecule has 0 saturated heterocycles. The lowest BCUT2D eigenvalue weighted by Gasteiger charge is -2.36. The first-order valence-corrected chi connectivity index (χ1v) is 13.7. The van der Waals surface area contributed by atoms with E-state index in [0.29, 0.717) is 31.2 Å². The molecule has 0 bridgehead atoms. The zero-order valence-corrected chi connectivity index (χ0v) is 24.9. The SMILES string of the molecule is CC(C)(C)O.COc1ccc2c(c1)CN(CCc1noc(C)n1)c1c-2cc(-c2ccc(C)cc2)c(CC(=O)O)c1C. The summed E-state index contributed by atoms with van der Waals surface area (Å²) in [6, 6.07) is 16.6. The molecule has 216 valence electrons. The van der Waals surface area contributed by atoms with E-state index in [1.807, 2.05) is 19.9 Å². The van der Waals surface area contributed by atoms with Crippen LogP contribution in [0.3, 0.4) is 0 Å². The van der Waals surface area contributed by atoms with Gasteiger partial charge in [0.05, 0.1) is 19.1 Å². The highest BCUT2D eigenvalue weighted by molar-refractivity contribution is 5.92. The second kappa shape index (κ2) is 12.1. The van der Waals surface area contributed by atoms with E-state index in [1.165, 1.54) is 0 Å². The van der Waals surface area contributed by atoms with Crippen molar-refractivity contribution in [2.75, 3.05) is 18.6 Å². The Morgan fingerprint density at radius 2 is 1.71 bits per heavy atom. The van der Waals surface area contributed by atoms with Crippen LogP contribution in [0, 0.1) is 20.8 Å². The maximum Gasteiger partial charge on any atom is 0.307 e. The number of hydrogen-bond donors (Lipinski definition) is 2. The monoisotopic (exact) mass is 557 g/mol. The maximum absolute atomic E-state index is 11.9. The Morgan fingerprint density at radius 1 is 1.02 bits per heavy atom. The van der Waals surface area contributed by atoms with Gasteiger partial charge in [-0.2, -0.15) is 4.98 Å². The second-order valence-corrected chi connectivity index (χ2v) is 11.5. The molecule has 0 amide bonds. The van der Waals surface area contributed by atoms with Gasteiger partial charge < -0.3 is 24.4 Å². The van der Waals surface area contributed by atoms with Crippen LogP contribution in [0.25, 0.3) is 22.3 Å². The molecule has 3 aromatic carbocycles. The highest BCUT2D eigenvalue weighted by Crippen LogP contribution is 2.46. The number of fused-ring (bicyclic) bond motifs is 3. The van der Waals surface area contributed by atoms with Gasteiger partial charge in [0.25, 0.3) is 0 Å². The Labute approximate surface area is 241 Å². The number of aryl methyl sites for hydroxylation is 2. The molecular weight excluding hydrogens is 518 g/mol. The molecule has 5 rings (SSSR count). The van der Waals surface area contributed by atoms with Crippen molar-refractivity contribution in [1.29, 1.82) is 0 Å². The van der Waals surface area contributed by atoms with E-state index in [1.54, 1.807) is 34.8 Å². The minimum Gasteiger partial charge on any atom is -0.497 e. The summed E-state index contributed by atoms with van der Waals surface area (Å²) in [6.07, 6.45) is 0.569. The molecule has 2 N–H and O–H groups in total. The van der Waals surface area contributed by atoms with Crippen LogP contribution in [-0.2, 0) is 24.2 Å². The lowest BCUT2D eigenvalue weighted by Crippen LogP contribution is -2.30. The van der Waals surface area contributed by atoms with Crippen LogP contribution in [0.15, 0.2) is 53.1 Å². The van der Waals surface area contributed by atoms with Crippen molar-refractivity contribution in [3.63, 3.8) is 0 Å². The van der Waals surface area contributed by atoms with Gasteiger partial charge in [-0.3, -0.25) is 4.79 Å². The van der Waals surface area contributed by atoms with Gasteiger partial charge in [-0.25, -0.2) is 0 Å². The lowest BCUT2D eigenvalue weighted by atomic mass is 9.84. The minimum atomic E-state index is -0.846. The number of aliphatic carboxylic acids is 1. The number of rotatable bonds is 7. The predicted molar refractivity (Wildman–Crippen MR) is 160 cm³/mol. The number of benzene rings is 3. The Balaban J connectivity index is 0.000000714. The summed E-state index contributed by atoms with van der Waals surface area (Å²) in [5.74, 6) is 1.16. The number of ether oxygens (including phenoxy) is 1. The van der Waals surface area contributed by atoms with Crippen molar-refractivity contribution in [3.8, 4) is 28.0 Å². The number of nitrogens with zero attached hydrogens (tertiary/aromatic N) is 3. The van der Waals surface area contributed by atoms with E-state index in [0.717, 1.165) is 55.9 Å². The summed E-state index contributed by atoms with van der Waals surface area (Å²) in [5.41, 5.74) is 8.88. The Bertz CT molecular complexity index is 1530. The summed E-state index contributed by atoms with van der Waals surface area (Å²) in [4.78, 5) is 18.6. The average molecular weight is 558 g/mol. The van der Waals surface area contributed by atoms with Crippen molar-refractivity contribution >= 4 is 11.7 Å². The quantitative estimate of drug-likeness (QED) is 0.272. The topological polar surface area (TPSA) is 109 Å². The van der Waals surface area contributed by atoms with Crippen LogP contribution in [0.2, 0.25) is 0 Å². The van der Waals surface area contributed by atoms with Crippen molar-refractivity contribution in [2.24, 2.45) is 0 Å². The maximum atomic E-state index is 11.9. The van der Waals surface area contributed by atoms with E-state index in [9.17, 15) is 9.90 Å². The summed E-state index contributed by atoms with van der Waals surface area (Å²) in [7, 11) is 1.67. The molecule has 0 fully saturated rings. The Kier molecular flexibility index (Phi) is 8.83. The number of anilines is 1. The third-order valence-electron chi connectivity index (χ3n) is 6.82. The molecule has 41 heavy (non-hydrogen) atoms. The third-order valence-corrected chi connectivity index (χ3v) is 6.82. The summed E-state index contributed by atoms with van der Waals surface area (Å²) >= 11 is 0. The smallest absolute Gasteiger partial charge is 0.307 e. The second-order valence-electron chi connectivity index (χ2n) is 11.5. The standard InChI is InChI=1S/C29H29N3O4.C4H10O/c1-17-5-7-20(8-6-17)25-14-26-23-10-9-22(35-4)13-21(23)16-32(12-11-27-30-19(3)36-31-27)29(26)18(2)24(25)15-28(33)34;1-4(2,3)5/h5-10,13-14H,11-12,15-16H2,1-4H3,(H,33,34);5H,1-3H3. The molecular formula is C33H39N3O5. The number of carboxylic acid groups (broad SMARTS) is 1. The average Bonchev–Trinajstić information content (AvgIpc) is 3.32. The number of methoxy groups -OCH3 is 1.